The summed E-state index contributed by atoms with van der Waals surface area (Å²) in [5.41, 5.74) is 0. The van der Waals surface area contributed by atoms with Crippen molar-refractivity contribution in [3.05, 3.63) is 24.5 Å². The Morgan fingerprint density at radius 2 is 2.25 bits per heavy atom. The van der Waals surface area contributed by atoms with Gasteiger partial charge < -0.3 is 10.6 Å². The van der Waals surface area contributed by atoms with Gasteiger partial charge >= 0.3 is 0 Å². The van der Waals surface area contributed by atoms with E-state index in [1.54, 1.807) is 6.07 Å². The first-order valence-corrected chi connectivity index (χ1v) is 7.93. The van der Waals surface area contributed by atoms with E-state index in [0.29, 0.717) is 12.5 Å². The normalized spacial score (nSPS) is 15.6. The van der Waals surface area contributed by atoms with Crippen molar-refractivity contribution in [1.29, 1.82) is 0 Å². The van der Waals surface area contributed by atoms with Crippen molar-refractivity contribution in [2.24, 2.45) is 5.92 Å². The number of nitrogens with zero attached hydrogens (tertiary/aromatic N) is 1. The smallest absolute Gasteiger partial charge is 0.242 e. The van der Waals surface area contributed by atoms with Gasteiger partial charge in [-0.25, -0.2) is 13.1 Å². The van der Waals surface area contributed by atoms with Gasteiger partial charge in [0.1, 0.15) is 4.90 Å². The van der Waals surface area contributed by atoms with Crippen LogP contribution < -0.4 is 15.4 Å². The Hall–Kier alpha value is -1.51. The summed E-state index contributed by atoms with van der Waals surface area (Å²) >= 11 is 0. The minimum Gasteiger partial charge on any atom is -0.356 e. The second-order valence-corrected chi connectivity index (χ2v) is 6.43. The zero-order chi connectivity index (χ0) is 14.4. The molecule has 8 heteroatoms. The van der Waals surface area contributed by atoms with E-state index in [0.717, 1.165) is 13.1 Å². The van der Waals surface area contributed by atoms with Crippen LogP contribution in [0.3, 0.4) is 0 Å². The van der Waals surface area contributed by atoms with E-state index in [4.69, 9.17) is 0 Å². The van der Waals surface area contributed by atoms with Crippen LogP contribution >= 0.6 is 0 Å². The van der Waals surface area contributed by atoms with E-state index >= 15 is 0 Å². The van der Waals surface area contributed by atoms with E-state index in [-0.39, 0.29) is 23.8 Å². The van der Waals surface area contributed by atoms with Crippen LogP contribution in [0.2, 0.25) is 0 Å². The van der Waals surface area contributed by atoms with Gasteiger partial charge in [0.2, 0.25) is 15.9 Å². The Kier molecular flexibility index (Phi) is 5.05. The molecule has 0 bridgehead atoms. The summed E-state index contributed by atoms with van der Waals surface area (Å²) in [5, 5.41) is 5.90. The number of carbonyl (C=O) groups is 1. The Balaban J connectivity index is 1.70. The van der Waals surface area contributed by atoms with E-state index in [9.17, 15) is 13.2 Å². The van der Waals surface area contributed by atoms with Crippen molar-refractivity contribution >= 4 is 15.9 Å². The average molecular weight is 298 g/mol. The molecular formula is C12H18N4O3S. The number of hydrogen-bond donors (Lipinski definition) is 3. The number of nitrogens with one attached hydrogen (secondary N) is 3. The minimum absolute atomic E-state index is 0.0754. The molecule has 110 valence electrons. The highest BCUT2D eigenvalue weighted by atomic mass is 32.2. The lowest BCUT2D eigenvalue weighted by molar-refractivity contribution is -0.121. The van der Waals surface area contributed by atoms with Gasteiger partial charge in [0.05, 0.1) is 0 Å². The first-order chi connectivity index (χ1) is 9.58. The molecule has 1 amide bonds. The van der Waals surface area contributed by atoms with Crippen LogP contribution in [0, 0.1) is 5.92 Å². The highest BCUT2D eigenvalue weighted by Gasteiger charge is 2.17. The maximum atomic E-state index is 11.8. The van der Waals surface area contributed by atoms with Crippen molar-refractivity contribution in [1.82, 2.24) is 20.3 Å². The summed E-state index contributed by atoms with van der Waals surface area (Å²) in [4.78, 5) is 15.4. The molecule has 1 aromatic heterocycles. The lowest BCUT2D eigenvalue weighted by Crippen LogP contribution is -2.48. The summed E-state index contributed by atoms with van der Waals surface area (Å²) in [6.45, 7) is 2.56. The standard InChI is InChI=1S/C12H18N4O3S/c17-12(15-8-10-6-14-7-10)3-5-16-20(18,19)11-2-1-4-13-9-11/h1-2,4,9-10,14,16H,3,5-8H2,(H,15,17). The zero-order valence-corrected chi connectivity index (χ0v) is 11.8. The lowest BCUT2D eigenvalue weighted by Gasteiger charge is -2.27. The third kappa shape index (κ3) is 4.26. The van der Waals surface area contributed by atoms with Crippen molar-refractivity contribution in [2.75, 3.05) is 26.2 Å². The Morgan fingerprint density at radius 3 is 2.85 bits per heavy atom. The molecule has 7 nitrogen and oxygen atoms in total. The molecule has 0 atom stereocenters. The Bertz CT molecular complexity index is 543. The lowest BCUT2D eigenvalue weighted by atomic mass is 10.0. The van der Waals surface area contributed by atoms with Gasteiger partial charge in [-0.3, -0.25) is 9.78 Å². The second kappa shape index (κ2) is 6.78. The summed E-state index contributed by atoms with van der Waals surface area (Å²) in [7, 11) is -3.58. The van der Waals surface area contributed by atoms with E-state index in [1.165, 1.54) is 18.5 Å². The maximum Gasteiger partial charge on any atom is 0.242 e. The third-order valence-electron chi connectivity index (χ3n) is 3.04. The van der Waals surface area contributed by atoms with Gasteiger partial charge in [0.25, 0.3) is 0 Å². The average Bonchev–Trinajstić information content (AvgIpc) is 2.38. The molecule has 0 unspecified atom stereocenters. The van der Waals surface area contributed by atoms with Crippen molar-refractivity contribution in [3.63, 3.8) is 0 Å². The monoisotopic (exact) mass is 298 g/mol. The maximum absolute atomic E-state index is 11.8. The van der Waals surface area contributed by atoms with Crippen LogP contribution in [-0.4, -0.2) is 45.5 Å². The number of aromatic nitrogens is 1. The summed E-state index contributed by atoms with van der Waals surface area (Å²) < 4.78 is 26.1. The van der Waals surface area contributed by atoms with Gasteiger partial charge in [-0.05, 0) is 12.1 Å². The molecule has 3 N–H and O–H groups in total. The molecule has 1 aromatic rings. The minimum atomic E-state index is -3.58. The van der Waals surface area contributed by atoms with Gasteiger partial charge in [-0.15, -0.1) is 0 Å². The van der Waals surface area contributed by atoms with Gasteiger partial charge in [0, 0.05) is 50.9 Å². The SMILES string of the molecule is O=C(CCNS(=O)(=O)c1cccnc1)NCC1CNC1. The molecule has 0 aromatic carbocycles. The van der Waals surface area contributed by atoms with E-state index in [2.05, 4.69) is 20.3 Å². The largest absolute Gasteiger partial charge is 0.356 e. The predicted octanol–water partition coefficient (Wildman–Crippen LogP) is -0.914. The van der Waals surface area contributed by atoms with Gasteiger partial charge in [-0.1, -0.05) is 0 Å². The van der Waals surface area contributed by atoms with Crippen molar-refractivity contribution < 1.29 is 13.2 Å². The number of carbonyl (C=O) groups excluding carboxylic acids is 1. The van der Waals surface area contributed by atoms with Crippen LogP contribution in [-0.2, 0) is 14.8 Å². The Labute approximate surface area is 118 Å². The topological polar surface area (TPSA) is 100 Å². The van der Waals surface area contributed by atoms with Crippen LogP contribution in [0.4, 0.5) is 0 Å². The van der Waals surface area contributed by atoms with Crippen LogP contribution in [0.15, 0.2) is 29.4 Å². The third-order valence-corrected chi connectivity index (χ3v) is 4.49. The fourth-order valence-electron chi connectivity index (χ4n) is 1.73. The van der Waals surface area contributed by atoms with Gasteiger partial charge in [-0.2, -0.15) is 0 Å². The van der Waals surface area contributed by atoms with Gasteiger partial charge in [0.15, 0.2) is 0 Å². The number of sulfonamides is 1. The fourth-order valence-corrected chi connectivity index (χ4v) is 2.72. The zero-order valence-electron chi connectivity index (χ0n) is 11.0. The van der Waals surface area contributed by atoms with E-state index < -0.39 is 10.0 Å². The summed E-state index contributed by atoms with van der Waals surface area (Å²) in [6.07, 6.45) is 2.90. The molecule has 1 aliphatic rings. The first kappa shape index (κ1) is 14.9. The highest BCUT2D eigenvalue weighted by molar-refractivity contribution is 7.89. The van der Waals surface area contributed by atoms with Crippen molar-refractivity contribution in [2.45, 2.75) is 11.3 Å². The highest BCUT2D eigenvalue weighted by Crippen LogP contribution is 2.05. The molecule has 2 rings (SSSR count). The molecule has 1 aliphatic heterocycles. The molecule has 20 heavy (non-hydrogen) atoms. The molecule has 0 radical (unpaired) electrons. The second-order valence-electron chi connectivity index (χ2n) is 4.66. The summed E-state index contributed by atoms with van der Waals surface area (Å²) in [6, 6.07) is 3.01. The molecule has 0 saturated carbocycles. The van der Waals surface area contributed by atoms with Crippen LogP contribution in [0.1, 0.15) is 6.42 Å². The molecule has 1 saturated heterocycles. The fraction of sp³-hybridized carbons (Fsp3) is 0.500. The molecular weight excluding hydrogens is 280 g/mol. The molecule has 1 fully saturated rings. The summed E-state index contributed by atoms with van der Waals surface area (Å²) in [5.74, 6) is 0.344. The quantitative estimate of drug-likeness (QED) is 0.605. The number of rotatable bonds is 7. The number of pyridine rings is 1. The number of hydrogen-bond acceptors (Lipinski definition) is 5. The van der Waals surface area contributed by atoms with Crippen molar-refractivity contribution in [3.8, 4) is 0 Å². The van der Waals surface area contributed by atoms with E-state index in [1.807, 2.05) is 0 Å². The Morgan fingerprint density at radius 1 is 1.45 bits per heavy atom. The predicted molar refractivity (Wildman–Crippen MR) is 73.4 cm³/mol. The molecule has 2 heterocycles. The molecule has 0 aliphatic carbocycles. The molecule has 0 spiro atoms. The van der Waals surface area contributed by atoms with Crippen LogP contribution in [0.5, 0.6) is 0 Å². The first-order valence-electron chi connectivity index (χ1n) is 6.45. The van der Waals surface area contributed by atoms with Crippen LogP contribution in [0.25, 0.3) is 0 Å². The number of amides is 1.